The molecule has 1 aliphatic rings. The van der Waals surface area contributed by atoms with E-state index in [1.54, 1.807) is 24.3 Å². The molecule has 1 aromatic heterocycles. The number of benzene rings is 2. The number of nitrogens with one attached hydrogen (secondary N) is 1. The number of amides is 1. The van der Waals surface area contributed by atoms with Crippen molar-refractivity contribution in [2.75, 3.05) is 18.4 Å². The van der Waals surface area contributed by atoms with Gasteiger partial charge in [0.2, 0.25) is 21.8 Å². The Balaban J connectivity index is 1.36. The highest BCUT2D eigenvalue weighted by Crippen LogP contribution is 2.26. The van der Waals surface area contributed by atoms with E-state index >= 15 is 0 Å². The maximum absolute atomic E-state index is 13.0. The largest absolute Gasteiger partial charge is 0.339 e. The van der Waals surface area contributed by atoms with Crippen molar-refractivity contribution in [3.63, 3.8) is 0 Å². The van der Waals surface area contributed by atoms with Gasteiger partial charge in [0.05, 0.1) is 10.8 Å². The molecule has 1 fully saturated rings. The molecule has 2 heterocycles. The van der Waals surface area contributed by atoms with E-state index in [1.807, 2.05) is 38.1 Å². The zero-order valence-electron chi connectivity index (χ0n) is 19.1. The summed E-state index contributed by atoms with van der Waals surface area (Å²) in [5.74, 6) is 0.826. The van der Waals surface area contributed by atoms with E-state index in [-0.39, 0.29) is 23.3 Å². The third-order valence-electron chi connectivity index (χ3n) is 5.77. The molecule has 1 amide bonds. The summed E-state index contributed by atoms with van der Waals surface area (Å²) < 4.78 is 33.5. The van der Waals surface area contributed by atoms with E-state index < -0.39 is 15.9 Å². The van der Waals surface area contributed by atoms with E-state index in [2.05, 4.69) is 31.4 Å². The molecule has 0 radical (unpaired) electrons. The molecule has 1 unspecified atom stereocenters. The van der Waals surface area contributed by atoms with Crippen molar-refractivity contribution in [1.82, 2.24) is 14.4 Å². The molecular formula is C24H27BrN4O4S. The molecule has 1 N–H and O–H groups in total. The zero-order valence-corrected chi connectivity index (χ0v) is 21.5. The van der Waals surface area contributed by atoms with Crippen LogP contribution in [-0.2, 0) is 21.2 Å². The van der Waals surface area contributed by atoms with Crippen LogP contribution in [0.3, 0.4) is 0 Å². The number of carbonyl (C=O) groups is 1. The van der Waals surface area contributed by atoms with Crippen molar-refractivity contribution in [3.8, 4) is 0 Å². The van der Waals surface area contributed by atoms with Gasteiger partial charge in [-0.25, -0.2) is 8.42 Å². The zero-order chi connectivity index (χ0) is 24.3. The van der Waals surface area contributed by atoms with Gasteiger partial charge < -0.3 is 9.84 Å². The molecule has 3 aromatic rings. The maximum atomic E-state index is 13.0. The van der Waals surface area contributed by atoms with Crippen LogP contribution in [-0.4, -0.2) is 41.9 Å². The fraction of sp³-hybridized carbons (Fsp3) is 0.375. The molecule has 2 aromatic carbocycles. The highest BCUT2D eigenvalue weighted by Gasteiger charge is 2.33. The van der Waals surface area contributed by atoms with Crippen LogP contribution < -0.4 is 5.32 Å². The normalized spacial score (nSPS) is 17.1. The smallest absolute Gasteiger partial charge is 0.243 e. The summed E-state index contributed by atoms with van der Waals surface area (Å²) >= 11 is 3.32. The first-order chi connectivity index (χ1) is 16.2. The van der Waals surface area contributed by atoms with Crippen molar-refractivity contribution < 1.29 is 17.7 Å². The Morgan fingerprint density at radius 3 is 2.53 bits per heavy atom. The number of hydrogen-bond acceptors (Lipinski definition) is 6. The van der Waals surface area contributed by atoms with Gasteiger partial charge in [0, 0.05) is 35.6 Å². The van der Waals surface area contributed by atoms with Gasteiger partial charge in [0.25, 0.3) is 0 Å². The number of hydrogen-bond donors (Lipinski definition) is 1. The minimum atomic E-state index is -3.64. The Hall–Kier alpha value is -2.56. The molecule has 0 bridgehead atoms. The second kappa shape index (κ2) is 10.4. The molecule has 1 atom stereocenters. The number of carbonyl (C=O) groups excluding carboxylic acids is 1. The number of sulfonamides is 1. The summed E-state index contributed by atoms with van der Waals surface area (Å²) in [4.78, 5) is 17.5. The van der Waals surface area contributed by atoms with Crippen molar-refractivity contribution in [2.24, 2.45) is 5.92 Å². The first kappa shape index (κ1) is 24.6. The van der Waals surface area contributed by atoms with Crippen molar-refractivity contribution in [1.29, 1.82) is 0 Å². The Morgan fingerprint density at radius 2 is 1.88 bits per heavy atom. The summed E-state index contributed by atoms with van der Waals surface area (Å²) in [5.41, 5.74) is 1.66. The molecule has 0 spiro atoms. The molecule has 8 nitrogen and oxygen atoms in total. The van der Waals surface area contributed by atoms with Gasteiger partial charge in [-0.05, 0) is 54.8 Å². The third-order valence-corrected chi connectivity index (χ3v) is 8.18. The van der Waals surface area contributed by atoms with Crippen molar-refractivity contribution in [2.45, 2.75) is 43.9 Å². The number of halogens is 1. The molecule has 1 aliphatic heterocycles. The van der Waals surface area contributed by atoms with Gasteiger partial charge in [-0.2, -0.15) is 9.29 Å². The lowest BCUT2D eigenvalue weighted by Gasteiger charge is -2.31. The maximum Gasteiger partial charge on any atom is 0.243 e. The monoisotopic (exact) mass is 546 g/mol. The van der Waals surface area contributed by atoms with Crippen LogP contribution in [0, 0.1) is 5.92 Å². The van der Waals surface area contributed by atoms with Crippen LogP contribution >= 0.6 is 15.9 Å². The van der Waals surface area contributed by atoms with E-state index in [4.69, 9.17) is 4.52 Å². The Bertz CT molecular complexity index is 1240. The molecular weight excluding hydrogens is 520 g/mol. The minimum absolute atomic E-state index is 0.165. The topological polar surface area (TPSA) is 105 Å². The van der Waals surface area contributed by atoms with Crippen LogP contribution in [0.5, 0.6) is 0 Å². The second-order valence-corrected chi connectivity index (χ2v) is 11.6. The molecule has 0 saturated carbocycles. The minimum Gasteiger partial charge on any atom is -0.339 e. The number of rotatable bonds is 7. The van der Waals surface area contributed by atoms with E-state index in [0.29, 0.717) is 43.2 Å². The SMILES string of the molecule is CC(C)c1nc(Cc2ccc(NC(=O)C3CCCN(S(=O)(=O)c4ccc(Br)cc4)C3)cc2)no1. The summed E-state index contributed by atoms with van der Waals surface area (Å²) in [6.07, 6.45) is 1.82. The predicted molar refractivity (Wildman–Crippen MR) is 132 cm³/mol. The van der Waals surface area contributed by atoms with Gasteiger partial charge in [-0.3, -0.25) is 4.79 Å². The molecule has 4 rings (SSSR count). The Labute approximate surface area is 207 Å². The van der Waals surface area contributed by atoms with Crippen LogP contribution in [0.2, 0.25) is 0 Å². The molecule has 0 aliphatic carbocycles. The standard InChI is InChI=1S/C24H27BrN4O4S/c1-16(2)24-27-22(28-33-24)14-17-5-9-20(10-6-17)26-23(30)18-4-3-13-29(15-18)34(31,32)21-11-7-19(25)8-12-21/h5-12,16,18H,3-4,13-15H2,1-2H3,(H,26,30). The first-order valence-corrected chi connectivity index (χ1v) is 13.4. The van der Waals surface area contributed by atoms with Crippen LogP contribution in [0.4, 0.5) is 5.69 Å². The number of piperidine rings is 1. The van der Waals surface area contributed by atoms with Gasteiger partial charge in [-0.1, -0.05) is 47.1 Å². The third kappa shape index (κ3) is 5.73. The van der Waals surface area contributed by atoms with Crippen molar-refractivity contribution in [3.05, 3.63) is 70.3 Å². The predicted octanol–water partition coefficient (Wildman–Crippen LogP) is 4.59. The van der Waals surface area contributed by atoms with E-state index in [1.165, 1.54) is 4.31 Å². The second-order valence-electron chi connectivity index (χ2n) is 8.72. The van der Waals surface area contributed by atoms with Gasteiger partial charge in [-0.15, -0.1) is 0 Å². The van der Waals surface area contributed by atoms with Crippen LogP contribution in [0.25, 0.3) is 0 Å². The first-order valence-electron chi connectivity index (χ1n) is 11.2. The Kier molecular flexibility index (Phi) is 7.49. The van der Waals surface area contributed by atoms with Crippen molar-refractivity contribution >= 4 is 37.5 Å². The molecule has 34 heavy (non-hydrogen) atoms. The summed E-state index contributed by atoms with van der Waals surface area (Å²) in [7, 11) is -3.64. The fourth-order valence-electron chi connectivity index (χ4n) is 3.84. The number of nitrogens with zero attached hydrogens (tertiary/aromatic N) is 3. The van der Waals surface area contributed by atoms with E-state index in [0.717, 1.165) is 10.0 Å². The lowest BCUT2D eigenvalue weighted by molar-refractivity contribution is -0.120. The average Bonchev–Trinajstić information content (AvgIpc) is 3.30. The quantitative estimate of drug-likeness (QED) is 0.464. The van der Waals surface area contributed by atoms with Gasteiger partial charge in [0.15, 0.2) is 5.82 Å². The lowest BCUT2D eigenvalue weighted by atomic mass is 9.98. The van der Waals surface area contributed by atoms with Gasteiger partial charge in [0.1, 0.15) is 0 Å². The number of anilines is 1. The number of aromatic nitrogens is 2. The molecule has 180 valence electrons. The lowest BCUT2D eigenvalue weighted by Crippen LogP contribution is -2.43. The van der Waals surface area contributed by atoms with Crippen LogP contribution in [0.15, 0.2) is 62.4 Å². The summed E-state index contributed by atoms with van der Waals surface area (Å²) in [6, 6.07) is 14.0. The average molecular weight is 547 g/mol. The highest BCUT2D eigenvalue weighted by atomic mass is 79.9. The Morgan fingerprint density at radius 1 is 1.18 bits per heavy atom. The fourth-order valence-corrected chi connectivity index (χ4v) is 5.63. The molecule has 10 heteroatoms. The highest BCUT2D eigenvalue weighted by molar-refractivity contribution is 9.10. The summed E-state index contributed by atoms with van der Waals surface area (Å²) in [5, 5.41) is 6.93. The molecule has 1 saturated heterocycles. The van der Waals surface area contributed by atoms with E-state index in [9.17, 15) is 13.2 Å². The van der Waals surface area contributed by atoms with Gasteiger partial charge >= 0.3 is 0 Å². The summed E-state index contributed by atoms with van der Waals surface area (Å²) in [6.45, 7) is 4.57. The van der Waals surface area contributed by atoms with Crippen LogP contribution in [0.1, 0.15) is 49.9 Å².